The summed E-state index contributed by atoms with van der Waals surface area (Å²) in [7, 11) is 0. The van der Waals surface area contributed by atoms with Gasteiger partial charge in [-0.3, -0.25) is 0 Å². The van der Waals surface area contributed by atoms with E-state index in [1.165, 1.54) is 11.6 Å². The van der Waals surface area contributed by atoms with Crippen molar-refractivity contribution >= 4 is 6.08 Å². The summed E-state index contributed by atoms with van der Waals surface area (Å²) >= 11 is 0. The van der Waals surface area contributed by atoms with Gasteiger partial charge in [0.05, 0.1) is 6.42 Å². The Balaban J connectivity index is 2.69. The molecular formula is C14H17F3. The Morgan fingerprint density at radius 2 is 1.53 bits per heavy atom. The van der Waals surface area contributed by atoms with Crippen LogP contribution in [0.3, 0.4) is 0 Å². The molecule has 0 atom stereocenters. The highest BCUT2D eigenvalue weighted by Crippen LogP contribution is 2.23. The Hall–Kier alpha value is -1.25. The Morgan fingerprint density at radius 3 is 1.94 bits per heavy atom. The van der Waals surface area contributed by atoms with E-state index in [1.54, 1.807) is 0 Å². The lowest BCUT2D eigenvalue weighted by Crippen LogP contribution is -2.10. The van der Waals surface area contributed by atoms with Crippen LogP contribution in [0.15, 0.2) is 30.3 Å². The number of benzene rings is 1. The van der Waals surface area contributed by atoms with Gasteiger partial charge < -0.3 is 0 Å². The molecule has 0 spiro atoms. The molecule has 0 saturated carbocycles. The van der Waals surface area contributed by atoms with E-state index in [4.69, 9.17) is 0 Å². The number of hydrogen-bond donors (Lipinski definition) is 0. The van der Waals surface area contributed by atoms with Gasteiger partial charge in [-0.15, -0.1) is 0 Å². The molecule has 1 aromatic carbocycles. The molecule has 0 N–H and O–H groups in total. The molecule has 94 valence electrons. The van der Waals surface area contributed by atoms with E-state index in [0.29, 0.717) is 0 Å². The number of alkyl halides is 3. The summed E-state index contributed by atoms with van der Waals surface area (Å²) in [6.07, 6.45) is -2.36. The molecule has 0 nitrogen and oxygen atoms in total. The minimum atomic E-state index is -4.12. The van der Waals surface area contributed by atoms with E-state index in [2.05, 4.69) is 20.8 Å². The molecule has 0 unspecified atom stereocenters. The molecular weight excluding hydrogens is 225 g/mol. The molecule has 17 heavy (non-hydrogen) atoms. The van der Waals surface area contributed by atoms with Crippen molar-refractivity contribution < 1.29 is 13.2 Å². The van der Waals surface area contributed by atoms with Crippen molar-refractivity contribution in [3.8, 4) is 0 Å². The van der Waals surface area contributed by atoms with E-state index in [9.17, 15) is 13.2 Å². The Kier molecular flexibility index (Phi) is 4.02. The monoisotopic (exact) mass is 242 g/mol. The lowest BCUT2D eigenvalue weighted by atomic mass is 9.87. The van der Waals surface area contributed by atoms with Gasteiger partial charge in [0.25, 0.3) is 0 Å². The molecule has 1 rings (SSSR count). The van der Waals surface area contributed by atoms with Crippen molar-refractivity contribution in [2.24, 2.45) is 0 Å². The van der Waals surface area contributed by atoms with Crippen LogP contribution >= 0.6 is 0 Å². The predicted molar refractivity (Wildman–Crippen MR) is 64.8 cm³/mol. The Labute approximate surface area is 100 Å². The van der Waals surface area contributed by atoms with Crippen molar-refractivity contribution in [1.29, 1.82) is 0 Å². The maximum absolute atomic E-state index is 11.9. The molecule has 0 aliphatic carbocycles. The van der Waals surface area contributed by atoms with Crippen LogP contribution in [-0.2, 0) is 5.41 Å². The zero-order chi connectivity index (χ0) is 13.1. The number of halogens is 3. The van der Waals surface area contributed by atoms with Crippen LogP contribution in [-0.4, -0.2) is 6.18 Å². The van der Waals surface area contributed by atoms with Gasteiger partial charge in [-0.1, -0.05) is 57.2 Å². The van der Waals surface area contributed by atoms with Gasteiger partial charge in [0, 0.05) is 0 Å². The molecule has 0 aliphatic heterocycles. The first-order valence-electron chi connectivity index (χ1n) is 5.52. The third-order valence-electron chi connectivity index (χ3n) is 2.44. The third-order valence-corrected chi connectivity index (χ3v) is 2.44. The molecule has 3 heteroatoms. The second-order valence-electron chi connectivity index (χ2n) is 5.09. The lowest BCUT2D eigenvalue weighted by Gasteiger charge is -2.18. The summed E-state index contributed by atoms with van der Waals surface area (Å²) in [5.74, 6) is 0. The van der Waals surface area contributed by atoms with Crippen molar-refractivity contribution in [2.45, 2.75) is 38.8 Å². The number of rotatable bonds is 2. The summed E-state index contributed by atoms with van der Waals surface area (Å²) in [4.78, 5) is 0. The fourth-order valence-electron chi connectivity index (χ4n) is 1.42. The molecule has 0 fully saturated rings. The second-order valence-corrected chi connectivity index (χ2v) is 5.09. The minimum absolute atomic E-state index is 0.0637. The topological polar surface area (TPSA) is 0 Å². The van der Waals surface area contributed by atoms with Gasteiger partial charge in [-0.2, -0.15) is 13.2 Å². The Bertz CT molecular complexity index is 377. The van der Waals surface area contributed by atoms with E-state index >= 15 is 0 Å². The van der Waals surface area contributed by atoms with E-state index in [0.717, 1.165) is 11.6 Å². The van der Waals surface area contributed by atoms with E-state index in [1.807, 2.05) is 24.3 Å². The Morgan fingerprint density at radius 1 is 1.00 bits per heavy atom. The summed E-state index contributed by atoms with van der Waals surface area (Å²) in [6, 6.07) is 7.58. The lowest BCUT2D eigenvalue weighted by molar-refractivity contribution is -0.124. The summed E-state index contributed by atoms with van der Waals surface area (Å²) in [6.45, 7) is 6.30. The largest absolute Gasteiger partial charge is 0.392 e. The van der Waals surface area contributed by atoms with Crippen LogP contribution in [0, 0.1) is 0 Å². The van der Waals surface area contributed by atoms with E-state index < -0.39 is 12.6 Å². The molecule has 0 heterocycles. The highest BCUT2D eigenvalue weighted by atomic mass is 19.4. The van der Waals surface area contributed by atoms with Crippen LogP contribution in [0.5, 0.6) is 0 Å². The standard InChI is InChI=1S/C14H17F3/c1-13(2,3)12-8-6-11(7-9-12)5-4-10-14(15,16)17/h4-9H,10H2,1-3H3. The van der Waals surface area contributed by atoms with Gasteiger partial charge in [0.15, 0.2) is 0 Å². The third kappa shape index (κ3) is 5.07. The fraction of sp³-hybridized carbons (Fsp3) is 0.429. The number of allylic oxidation sites excluding steroid dienone is 1. The average Bonchev–Trinajstić information content (AvgIpc) is 2.15. The van der Waals surface area contributed by atoms with Crippen molar-refractivity contribution in [3.63, 3.8) is 0 Å². The van der Waals surface area contributed by atoms with Crippen LogP contribution < -0.4 is 0 Å². The zero-order valence-electron chi connectivity index (χ0n) is 10.3. The van der Waals surface area contributed by atoms with Crippen LogP contribution in [0.1, 0.15) is 38.3 Å². The molecule has 1 aromatic rings. The molecule has 0 bridgehead atoms. The summed E-state index contributed by atoms with van der Waals surface area (Å²) in [5.41, 5.74) is 2.03. The first kappa shape index (κ1) is 13.8. The number of hydrogen-bond acceptors (Lipinski definition) is 0. The second kappa shape index (κ2) is 4.94. The quantitative estimate of drug-likeness (QED) is 0.688. The van der Waals surface area contributed by atoms with Gasteiger partial charge >= 0.3 is 6.18 Å². The predicted octanol–water partition coefficient (Wildman–Crippen LogP) is 4.95. The minimum Gasteiger partial charge on any atom is -0.171 e. The molecule has 0 radical (unpaired) electrons. The summed E-state index contributed by atoms with van der Waals surface area (Å²) in [5, 5.41) is 0. The van der Waals surface area contributed by atoms with Gasteiger partial charge in [-0.25, -0.2) is 0 Å². The highest BCUT2D eigenvalue weighted by molar-refractivity contribution is 5.50. The highest BCUT2D eigenvalue weighted by Gasteiger charge is 2.24. The molecule has 0 saturated heterocycles. The van der Waals surface area contributed by atoms with Crippen LogP contribution in [0.4, 0.5) is 13.2 Å². The fourth-order valence-corrected chi connectivity index (χ4v) is 1.42. The summed E-state index contributed by atoms with van der Waals surface area (Å²) < 4.78 is 35.8. The first-order chi connectivity index (χ1) is 7.68. The van der Waals surface area contributed by atoms with Crippen molar-refractivity contribution in [1.82, 2.24) is 0 Å². The smallest absolute Gasteiger partial charge is 0.171 e. The van der Waals surface area contributed by atoms with Gasteiger partial charge in [0.2, 0.25) is 0 Å². The SMILES string of the molecule is CC(C)(C)c1ccc(C=CCC(F)(F)F)cc1. The maximum atomic E-state index is 11.9. The van der Waals surface area contributed by atoms with Gasteiger partial charge in [0.1, 0.15) is 0 Å². The molecule has 0 amide bonds. The van der Waals surface area contributed by atoms with Crippen molar-refractivity contribution in [2.75, 3.05) is 0 Å². The normalized spacial score (nSPS) is 13.3. The molecule has 0 aliphatic rings. The maximum Gasteiger partial charge on any atom is 0.392 e. The van der Waals surface area contributed by atoms with Crippen LogP contribution in [0.2, 0.25) is 0 Å². The average molecular weight is 242 g/mol. The van der Waals surface area contributed by atoms with Crippen LogP contribution in [0.25, 0.3) is 6.08 Å². The molecule has 0 aromatic heterocycles. The zero-order valence-corrected chi connectivity index (χ0v) is 10.3. The van der Waals surface area contributed by atoms with Gasteiger partial charge in [-0.05, 0) is 16.5 Å². The first-order valence-corrected chi connectivity index (χ1v) is 5.52. The van der Waals surface area contributed by atoms with E-state index in [-0.39, 0.29) is 5.41 Å². The van der Waals surface area contributed by atoms with Crippen molar-refractivity contribution in [3.05, 3.63) is 41.5 Å².